The van der Waals surface area contributed by atoms with E-state index in [0.29, 0.717) is 11.1 Å². The molecule has 23 heavy (non-hydrogen) atoms. The number of hydrogen-bond acceptors (Lipinski definition) is 6. The van der Waals surface area contributed by atoms with Gasteiger partial charge in [-0.05, 0) is 35.4 Å². The number of nitrogens with zero attached hydrogens (tertiary/aromatic N) is 1. The minimum Gasteiger partial charge on any atom is -0.478 e. The summed E-state index contributed by atoms with van der Waals surface area (Å²) in [7, 11) is -3.86. The van der Waals surface area contributed by atoms with Gasteiger partial charge in [-0.25, -0.2) is 4.79 Å². The molecule has 1 N–H and O–H groups in total. The van der Waals surface area contributed by atoms with Gasteiger partial charge in [0.2, 0.25) is 0 Å². The van der Waals surface area contributed by atoms with Crippen molar-refractivity contribution in [3.63, 3.8) is 0 Å². The molecule has 0 saturated carbocycles. The molecule has 0 saturated heterocycles. The third-order valence-electron chi connectivity index (χ3n) is 2.86. The number of carbonyl (C=O) groups is 1. The number of carboxylic acid groups (broad SMARTS) is 1. The van der Waals surface area contributed by atoms with Gasteiger partial charge in [-0.1, -0.05) is 6.07 Å². The quantitative estimate of drug-likeness (QED) is 0.504. The fourth-order valence-electron chi connectivity index (χ4n) is 1.89. The lowest BCUT2D eigenvalue weighted by Gasteiger charge is -2.09. The Morgan fingerprint density at radius 1 is 1.13 bits per heavy atom. The Labute approximate surface area is 131 Å². The molecule has 0 unspecified atom stereocenters. The number of aromatic carboxylic acids is 1. The average Bonchev–Trinajstić information content (AvgIpc) is 2.46. The van der Waals surface area contributed by atoms with E-state index in [1.807, 2.05) is 0 Å². The van der Waals surface area contributed by atoms with Crippen LogP contribution in [0.3, 0.4) is 0 Å². The second-order valence-electron chi connectivity index (χ2n) is 4.61. The predicted octanol–water partition coefficient (Wildman–Crippen LogP) is 2.30. The molecule has 2 rings (SSSR count). The van der Waals surface area contributed by atoms with Crippen LogP contribution in [0.4, 0.5) is 5.69 Å². The number of benzene rings is 2. The number of non-ortho nitro benzene ring substituents is 1. The van der Waals surface area contributed by atoms with Crippen LogP contribution in [-0.4, -0.2) is 30.7 Å². The fourth-order valence-corrected chi connectivity index (χ4v) is 2.36. The molecule has 0 heterocycles. The van der Waals surface area contributed by atoms with Crippen LogP contribution < -0.4 is 4.18 Å². The van der Waals surface area contributed by atoms with Crippen LogP contribution in [0, 0.1) is 10.1 Å². The molecule has 0 aliphatic carbocycles. The second kappa shape index (κ2) is 6.05. The van der Waals surface area contributed by atoms with Crippen molar-refractivity contribution >= 4 is 21.8 Å². The van der Waals surface area contributed by atoms with Crippen molar-refractivity contribution in [2.45, 2.75) is 0 Å². The minimum atomic E-state index is -3.86. The topological polar surface area (TPSA) is 124 Å². The van der Waals surface area contributed by atoms with E-state index in [1.165, 1.54) is 42.5 Å². The Balaban J connectivity index is 2.47. The van der Waals surface area contributed by atoms with Crippen LogP contribution in [0.15, 0.2) is 42.5 Å². The number of rotatable bonds is 5. The Bertz CT molecular complexity index is 872. The minimum absolute atomic E-state index is 0.0933. The summed E-state index contributed by atoms with van der Waals surface area (Å²) in [5.41, 5.74) is 0.581. The van der Waals surface area contributed by atoms with Gasteiger partial charge in [0, 0.05) is 12.1 Å². The first-order chi connectivity index (χ1) is 10.7. The van der Waals surface area contributed by atoms with Crippen LogP contribution in [0.5, 0.6) is 5.75 Å². The van der Waals surface area contributed by atoms with Crippen LogP contribution >= 0.6 is 0 Å². The summed E-state index contributed by atoms with van der Waals surface area (Å²) in [6.45, 7) is 0. The molecule has 0 aromatic heterocycles. The molecular weight excluding hydrogens is 326 g/mol. The van der Waals surface area contributed by atoms with Crippen LogP contribution in [0.2, 0.25) is 0 Å². The predicted molar refractivity (Wildman–Crippen MR) is 81.0 cm³/mol. The van der Waals surface area contributed by atoms with Gasteiger partial charge in [0.05, 0.1) is 11.2 Å². The molecule has 2 aromatic carbocycles. The van der Waals surface area contributed by atoms with Crippen molar-refractivity contribution in [1.29, 1.82) is 0 Å². The van der Waals surface area contributed by atoms with E-state index >= 15 is 0 Å². The molecule has 0 radical (unpaired) electrons. The zero-order chi connectivity index (χ0) is 17.2. The van der Waals surface area contributed by atoms with E-state index < -0.39 is 21.0 Å². The number of nitro groups is 1. The highest BCUT2D eigenvalue weighted by Crippen LogP contribution is 2.28. The van der Waals surface area contributed by atoms with Crippen LogP contribution in [0.1, 0.15) is 10.4 Å². The maximum absolute atomic E-state index is 11.3. The molecule has 0 fully saturated rings. The van der Waals surface area contributed by atoms with Gasteiger partial charge in [0.15, 0.2) is 5.75 Å². The lowest BCUT2D eigenvalue weighted by molar-refractivity contribution is -0.384. The number of carboxylic acids is 1. The Morgan fingerprint density at radius 2 is 1.70 bits per heavy atom. The summed E-state index contributed by atoms with van der Waals surface area (Å²) in [4.78, 5) is 21.3. The second-order valence-corrected chi connectivity index (χ2v) is 6.18. The Morgan fingerprint density at radius 3 is 2.17 bits per heavy atom. The van der Waals surface area contributed by atoms with Crippen molar-refractivity contribution in [3.05, 3.63) is 58.1 Å². The van der Waals surface area contributed by atoms with Crippen molar-refractivity contribution in [1.82, 2.24) is 0 Å². The highest BCUT2D eigenvalue weighted by atomic mass is 32.2. The molecule has 8 nitrogen and oxygen atoms in total. The molecular formula is C14H11NO7S. The van der Waals surface area contributed by atoms with Gasteiger partial charge in [0.1, 0.15) is 5.56 Å². The molecule has 2 aromatic rings. The molecule has 0 bridgehead atoms. The van der Waals surface area contributed by atoms with E-state index in [2.05, 4.69) is 4.18 Å². The van der Waals surface area contributed by atoms with E-state index in [9.17, 15) is 28.4 Å². The molecule has 0 atom stereocenters. The number of nitro benzene ring substituents is 1. The van der Waals surface area contributed by atoms with E-state index in [1.54, 1.807) is 0 Å². The molecule has 0 amide bonds. The monoisotopic (exact) mass is 337 g/mol. The lowest BCUT2D eigenvalue weighted by atomic mass is 10.0. The van der Waals surface area contributed by atoms with Crippen molar-refractivity contribution < 1.29 is 27.4 Å². The third-order valence-corrected chi connectivity index (χ3v) is 3.34. The molecule has 120 valence electrons. The van der Waals surface area contributed by atoms with Crippen molar-refractivity contribution in [2.24, 2.45) is 0 Å². The third kappa shape index (κ3) is 4.04. The van der Waals surface area contributed by atoms with Gasteiger partial charge in [-0.2, -0.15) is 8.42 Å². The average molecular weight is 337 g/mol. The molecule has 9 heteroatoms. The molecule has 0 aliphatic heterocycles. The molecule has 0 aliphatic rings. The van der Waals surface area contributed by atoms with Crippen LogP contribution in [-0.2, 0) is 10.1 Å². The molecule has 0 spiro atoms. The van der Waals surface area contributed by atoms with Crippen LogP contribution in [0.25, 0.3) is 11.1 Å². The normalized spacial score (nSPS) is 11.0. The highest BCUT2D eigenvalue weighted by Gasteiger charge is 2.17. The fraction of sp³-hybridized carbons (Fsp3) is 0.0714. The summed E-state index contributed by atoms with van der Waals surface area (Å²) in [5.74, 6) is -1.65. The Kier molecular flexibility index (Phi) is 4.32. The first kappa shape index (κ1) is 16.4. The lowest BCUT2D eigenvalue weighted by Crippen LogP contribution is -2.09. The summed E-state index contributed by atoms with van der Waals surface area (Å²) >= 11 is 0. The first-order valence-corrected chi connectivity index (χ1v) is 8.00. The Hall–Kier alpha value is -2.94. The van der Waals surface area contributed by atoms with Gasteiger partial charge < -0.3 is 9.29 Å². The SMILES string of the molecule is CS(=O)(=O)Oc1ccc(-c2ccc([N+](=O)[O-])cc2)cc1C(=O)O. The summed E-state index contributed by atoms with van der Waals surface area (Å²) in [6.07, 6.45) is 0.808. The number of hydrogen-bond donors (Lipinski definition) is 1. The van der Waals surface area contributed by atoms with Gasteiger partial charge >= 0.3 is 16.1 Å². The standard InChI is InChI=1S/C14H11NO7S/c1-23(20,21)22-13-7-4-10(8-12(13)14(16)17)9-2-5-11(6-3-9)15(18)19/h2-8H,1H3,(H,16,17). The van der Waals surface area contributed by atoms with Gasteiger partial charge in [0.25, 0.3) is 5.69 Å². The van der Waals surface area contributed by atoms with Crippen molar-refractivity contribution in [3.8, 4) is 16.9 Å². The van der Waals surface area contributed by atoms with Gasteiger partial charge in [-0.15, -0.1) is 0 Å². The maximum atomic E-state index is 11.3. The van der Waals surface area contributed by atoms with Gasteiger partial charge in [-0.3, -0.25) is 10.1 Å². The zero-order valence-corrected chi connectivity index (χ0v) is 12.6. The first-order valence-electron chi connectivity index (χ1n) is 6.19. The summed E-state index contributed by atoms with van der Waals surface area (Å²) in [6, 6.07) is 9.44. The van der Waals surface area contributed by atoms with Crippen molar-refractivity contribution in [2.75, 3.05) is 6.26 Å². The van der Waals surface area contributed by atoms with E-state index in [0.717, 1.165) is 6.26 Å². The van der Waals surface area contributed by atoms with E-state index in [4.69, 9.17) is 0 Å². The highest BCUT2D eigenvalue weighted by molar-refractivity contribution is 7.86. The largest absolute Gasteiger partial charge is 0.478 e. The maximum Gasteiger partial charge on any atom is 0.339 e. The smallest absolute Gasteiger partial charge is 0.339 e. The zero-order valence-electron chi connectivity index (χ0n) is 11.8. The summed E-state index contributed by atoms with van der Waals surface area (Å²) < 4.78 is 26.9. The summed E-state index contributed by atoms with van der Waals surface area (Å²) in [5, 5.41) is 19.8. The van der Waals surface area contributed by atoms with E-state index in [-0.39, 0.29) is 17.0 Å².